The summed E-state index contributed by atoms with van der Waals surface area (Å²) in [7, 11) is 0. The number of alkyl halides is 3. The van der Waals surface area contributed by atoms with E-state index in [9.17, 15) is 18.0 Å². The van der Waals surface area contributed by atoms with Gasteiger partial charge < -0.3 is 21.1 Å². The molecule has 214 valence electrons. The molecule has 0 atom stereocenters. The fourth-order valence-electron chi connectivity index (χ4n) is 4.45. The van der Waals surface area contributed by atoms with Crippen LogP contribution in [0.1, 0.15) is 32.6 Å². The van der Waals surface area contributed by atoms with E-state index >= 15 is 0 Å². The van der Waals surface area contributed by atoms with Crippen LogP contribution in [0, 0.1) is 24.2 Å². The summed E-state index contributed by atoms with van der Waals surface area (Å²) in [6, 6.07) is 8.82. The van der Waals surface area contributed by atoms with Crippen molar-refractivity contribution < 1.29 is 23.1 Å². The second-order valence-electron chi connectivity index (χ2n) is 9.67. The fraction of sp³-hybridized carbons (Fsp3) is 0.300. The summed E-state index contributed by atoms with van der Waals surface area (Å²) in [6.07, 6.45) is 1.25. The van der Waals surface area contributed by atoms with Crippen LogP contribution in [0.5, 0.6) is 0 Å². The lowest BCUT2D eigenvalue weighted by Crippen LogP contribution is -2.46. The molecule has 8 nitrogen and oxygen atoms in total. The topological polar surface area (TPSA) is 104 Å². The van der Waals surface area contributed by atoms with Crippen molar-refractivity contribution in [2.24, 2.45) is 4.99 Å². The first-order valence-corrected chi connectivity index (χ1v) is 13.1. The number of hydrogen-bond donors (Lipinski definition) is 4. The van der Waals surface area contributed by atoms with Gasteiger partial charge in [0.2, 0.25) is 0 Å². The summed E-state index contributed by atoms with van der Waals surface area (Å²) in [5, 5.41) is 21.7. The van der Waals surface area contributed by atoms with Crippen molar-refractivity contribution in [3.05, 3.63) is 87.9 Å². The van der Waals surface area contributed by atoms with Crippen molar-refractivity contribution in [1.29, 1.82) is 5.41 Å². The monoisotopic (exact) mass is 564 g/mol. The van der Waals surface area contributed by atoms with Gasteiger partial charge in [-0.05, 0) is 48.4 Å². The van der Waals surface area contributed by atoms with E-state index in [0.717, 1.165) is 17.8 Å². The van der Waals surface area contributed by atoms with Crippen LogP contribution in [-0.4, -0.2) is 72.6 Å². The third-order valence-corrected chi connectivity index (χ3v) is 6.75. The van der Waals surface area contributed by atoms with Crippen molar-refractivity contribution in [2.45, 2.75) is 19.6 Å². The first-order valence-electron chi connectivity index (χ1n) is 13.1. The average molecular weight is 565 g/mol. The first-order chi connectivity index (χ1) is 19.7. The smallest absolute Gasteiger partial charge is 0.395 e. The molecular weight excluding hydrogens is 533 g/mol. The van der Waals surface area contributed by atoms with Crippen LogP contribution in [0.4, 0.5) is 18.9 Å². The van der Waals surface area contributed by atoms with Gasteiger partial charge in [0.15, 0.2) is 0 Å². The molecule has 2 aromatic rings. The van der Waals surface area contributed by atoms with Crippen LogP contribution in [-0.2, 0) is 12.7 Å². The van der Waals surface area contributed by atoms with E-state index in [0.29, 0.717) is 49.7 Å². The van der Waals surface area contributed by atoms with Gasteiger partial charge in [0.1, 0.15) is 5.82 Å². The highest BCUT2D eigenvalue weighted by Crippen LogP contribution is 2.34. The number of carbonyl (C=O) groups excluding carboxylic acids is 1. The number of β-amino-alcohol motifs (C(OH)–C–C–N with tert-alkyl or cyclic N) is 1. The summed E-state index contributed by atoms with van der Waals surface area (Å²) >= 11 is 0. The largest absolute Gasteiger partial charge is 0.416 e. The number of aliphatic hydroxyl groups excluding tert-OH is 1. The number of benzene rings is 2. The zero-order valence-corrected chi connectivity index (χ0v) is 22.6. The lowest BCUT2D eigenvalue weighted by Gasteiger charge is -2.34. The summed E-state index contributed by atoms with van der Waals surface area (Å²) in [5.41, 5.74) is 1.72. The number of aryl methyl sites for hydroxylation is 1. The Hall–Kier alpha value is -4.24. The van der Waals surface area contributed by atoms with Gasteiger partial charge in [0.05, 0.1) is 17.7 Å². The van der Waals surface area contributed by atoms with Crippen molar-refractivity contribution in [1.82, 2.24) is 15.1 Å². The molecule has 4 N–H and O–H groups in total. The number of nitrogens with one attached hydrogen (secondary N) is 3. The molecule has 0 unspecified atom stereocenters. The first kappa shape index (κ1) is 29.7. The molecule has 0 saturated carbocycles. The number of allylic oxidation sites excluding steroid dienone is 2. The predicted octanol–water partition coefficient (Wildman–Crippen LogP) is 3.78. The maximum Gasteiger partial charge on any atom is 0.416 e. The number of rotatable bonds is 7. The van der Waals surface area contributed by atoms with E-state index < -0.39 is 17.6 Å². The van der Waals surface area contributed by atoms with Crippen LogP contribution in [0.15, 0.2) is 65.1 Å². The van der Waals surface area contributed by atoms with Crippen LogP contribution in [0.3, 0.4) is 0 Å². The second kappa shape index (κ2) is 13.4. The highest BCUT2D eigenvalue weighted by molar-refractivity contribution is 6.04. The van der Waals surface area contributed by atoms with E-state index in [4.69, 9.17) is 10.5 Å². The number of amides is 1. The molecule has 41 heavy (non-hydrogen) atoms. The minimum atomic E-state index is -4.58. The second-order valence-corrected chi connectivity index (χ2v) is 9.67. The number of nitrogens with zero attached hydrogens (tertiary/aromatic N) is 3. The third-order valence-electron chi connectivity index (χ3n) is 6.75. The van der Waals surface area contributed by atoms with Crippen LogP contribution < -0.4 is 10.6 Å². The molecule has 2 aromatic carbocycles. The Balaban J connectivity index is 1.47. The Bertz CT molecular complexity index is 1440. The molecule has 2 aliphatic rings. The Morgan fingerprint density at radius 1 is 1.15 bits per heavy atom. The van der Waals surface area contributed by atoms with E-state index in [1.165, 1.54) is 18.2 Å². The van der Waals surface area contributed by atoms with Gasteiger partial charge in [-0.2, -0.15) is 13.2 Å². The van der Waals surface area contributed by atoms with Crippen LogP contribution in [0.2, 0.25) is 0 Å². The van der Waals surface area contributed by atoms with Crippen molar-refractivity contribution >= 4 is 24.0 Å². The maximum absolute atomic E-state index is 14.0. The maximum atomic E-state index is 14.0. The lowest BCUT2D eigenvalue weighted by molar-refractivity contribution is -0.138. The van der Waals surface area contributed by atoms with Gasteiger partial charge in [-0.15, -0.1) is 0 Å². The predicted molar refractivity (Wildman–Crippen MR) is 153 cm³/mol. The van der Waals surface area contributed by atoms with Crippen LogP contribution in [0.25, 0.3) is 0 Å². The van der Waals surface area contributed by atoms with Gasteiger partial charge in [-0.1, -0.05) is 24.0 Å². The molecule has 0 spiro atoms. The highest BCUT2D eigenvalue weighted by atomic mass is 19.4. The summed E-state index contributed by atoms with van der Waals surface area (Å²) in [4.78, 5) is 21.2. The molecule has 1 amide bonds. The molecule has 0 radical (unpaired) electrons. The Morgan fingerprint density at radius 3 is 2.56 bits per heavy atom. The van der Waals surface area contributed by atoms with E-state index in [-0.39, 0.29) is 30.0 Å². The lowest BCUT2D eigenvalue weighted by atomic mass is 10.0. The molecule has 0 aromatic heterocycles. The summed E-state index contributed by atoms with van der Waals surface area (Å²) in [6.45, 7) is 5.19. The zero-order valence-electron chi connectivity index (χ0n) is 22.6. The Labute approximate surface area is 236 Å². The number of aliphatic hydroxyl groups is 1. The minimum Gasteiger partial charge on any atom is -0.395 e. The van der Waals surface area contributed by atoms with E-state index in [1.54, 1.807) is 30.6 Å². The SMILES string of the molecule is Cc1ccc(C(=O)Nc2ccc(CN3CCN(CCO)CC3)c(C(F)(F)F)c2)cc1C#CC1=CN/C(=C\C=N)N=C1. The van der Waals surface area contributed by atoms with Crippen molar-refractivity contribution in [3.63, 3.8) is 0 Å². The number of piperazine rings is 1. The average Bonchev–Trinajstić information content (AvgIpc) is 2.95. The van der Waals surface area contributed by atoms with E-state index in [1.807, 2.05) is 11.8 Å². The summed E-state index contributed by atoms with van der Waals surface area (Å²) in [5.74, 6) is 5.95. The number of hydrogen-bond acceptors (Lipinski definition) is 7. The number of aliphatic imine (C=N–C) groups is 1. The molecule has 1 fully saturated rings. The molecule has 0 aliphatic carbocycles. The minimum absolute atomic E-state index is 0.0514. The number of halogens is 3. The molecule has 4 rings (SSSR count). The molecule has 2 aliphatic heterocycles. The van der Waals surface area contributed by atoms with Gasteiger partial charge in [0.25, 0.3) is 5.91 Å². The normalized spacial score (nSPS) is 16.9. The molecule has 2 heterocycles. The quantitative estimate of drug-likeness (QED) is 0.303. The van der Waals surface area contributed by atoms with Gasteiger partial charge in [0, 0.05) is 74.7 Å². The molecular formula is C30H31F3N6O2. The Kier molecular flexibility index (Phi) is 9.73. The number of anilines is 1. The van der Waals surface area contributed by atoms with Gasteiger partial charge in [-0.25, -0.2) is 4.99 Å². The number of carbonyl (C=O) groups is 1. The molecule has 0 bridgehead atoms. The third kappa shape index (κ3) is 8.14. The zero-order chi connectivity index (χ0) is 29.4. The van der Waals surface area contributed by atoms with Gasteiger partial charge in [-0.3, -0.25) is 14.6 Å². The van der Waals surface area contributed by atoms with Gasteiger partial charge >= 0.3 is 6.18 Å². The molecule has 11 heteroatoms. The fourth-order valence-corrected chi connectivity index (χ4v) is 4.45. The van der Waals surface area contributed by atoms with Crippen molar-refractivity contribution in [2.75, 3.05) is 44.6 Å². The van der Waals surface area contributed by atoms with E-state index in [2.05, 4.69) is 32.4 Å². The van der Waals surface area contributed by atoms with Crippen LogP contribution >= 0.6 is 0 Å². The standard InChI is InChI=1S/C30H31F3N6O2/c1-21-2-4-24(16-23(21)5-3-22-18-35-28(8-9-34)36-19-22)29(41)37-26-7-6-25(27(17-26)30(31,32)33)20-39-12-10-38(11-13-39)14-15-40/h2,4,6-9,16-19,34-35,40H,10-15,20H2,1H3,(H,37,41)/b28-8+,34-9?. The highest BCUT2D eigenvalue weighted by Gasteiger charge is 2.34. The van der Waals surface area contributed by atoms with Crippen molar-refractivity contribution in [3.8, 4) is 11.8 Å². The molecule has 1 saturated heterocycles. The summed E-state index contributed by atoms with van der Waals surface area (Å²) < 4.78 is 42.0. The Morgan fingerprint density at radius 2 is 1.90 bits per heavy atom.